The normalized spacial score (nSPS) is 14.7. The third-order valence-electron chi connectivity index (χ3n) is 0.809. The molecule has 0 bridgehead atoms. The van der Waals surface area contributed by atoms with Crippen molar-refractivity contribution in [2.24, 2.45) is 11.7 Å². The minimum absolute atomic E-state index is 0.0833. The van der Waals surface area contributed by atoms with Crippen molar-refractivity contribution in [3.05, 3.63) is 0 Å². The summed E-state index contributed by atoms with van der Waals surface area (Å²) >= 11 is 0. The van der Waals surface area contributed by atoms with Crippen LogP contribution in [0.3, 0.4) is 0 Å². The molecule has 0 aromatic carbocycles. The van der Waals surface area contributed by atoms with Gasteiger partial charge in [-0.05, 0) is 12.8 Å². The Morgan fingerprint density at radius 3 is 1.70 bits per heavy atom. The van der Waals surface area contributed by atoms with Gasteiger partial charge in [0.15, 0.2) is 0 Å². The number of amides is 2. The lowest BCUT2D eigenvalue weighted by Crippen LogP contribution is -2.43. The molecule has 1 aliphatic rings. The van der Waals surface area contributed by atoms with E-state index in [4.69, 9.17) is 5.11 Å². The zero-order valence-corrected chi connectivity index (χ0v) is 5.50. The first-order valence-corrected chi connectivity index (χ1v) is 2.86. The van der Waals surface area contributed by atoms with E-state index < -0.39 is 6.03 Å². The summed E-state index contributed by atoms with van der Waals surface area (Å²) in [5, 5.41) is 8.17. The average molecular weight is 148 g/mol. The van der Waals surface area contributed by atoms with E-state index in [1.165, 1.54) is 0 Å². The Morgan fingerprint density at radius 2 is 1.70 bits per heavy atom. The molecule has 7 N–H and O–H groups in total. The summed E-state index contributed by atoms with van der Waals surface area (Å²) in [5.74, 6) is 9.08. The number of hydrogen-bond donors (Lipinski definition) is 5. The van der Waals surface area contributed by atoms with Crippen LogP contribution in [0, 0.1) is 0 Å². The van der Waals surface area contributed by atoms with Gasteiger partial charge in [0, 0.05) is 0 Å². The first kappa shape index (κ1) is 9.15. The Hall–Kier alpha value is -0.850. The zero-order valence-electron chi connectivity index (χ0n) is 5.50. The van der Waals surface area contributed by atoms with Crippen LogP contribution in [0.5, 0.6) is 0 Å². The molecule has 0 aromatic heterocycles. The topological polar surface area (TPSA) is 113 Å². The predicted molar refractivity (Wildman–Crippen MR) is 35.3 cm³/mol. The van der Waals surface area contributed by atoms with Gasteiger partial charge in [-0.1, -0.05) is 0 Å². The van der Waals surface area contributed by atoms with Crippen molar-refractivity contribution in [2.45, 2.75) is 18.9 Å². The molecule has 0 heterocycles. The van der Waals surface area contributed by atoms with Crippen molar-refractivity contribution < 1.29 is 9.90 Å². The molecule has 6 heteroatoms. The van der Waals surface area contributed by atoms with Crippen molar-refractivity contribution >= 4 is 6.03 Å². The monoisotopic (exact) mass is 148 g/mol. The molecule has 10 heavy (non-hydrogen) atoms. The summed E-state index contributed by atoms with van der Waals surface area (Å²) in [6, 6.07) is -0.602. The molecule has 0 aliphatic heterocycles. The lowest BCUT2D eigenvalue weighted by atomic mass is 10.9. The number of nitrogens with two attached hydrogens (primary N) is 2. The number of carbonyl (C=O) groups excluding carboxylic acids is 1. The molecular formula is C4H12N4O2. The minimum atomic E-state index is -0.602. The fraction of sp³-hybridized carbons (Fsp3) is 0.750. The van der Waals surface area contributed by atoms with Crippen LogP contribution in [-0.2, 0) is 0 Å². The van der Waals surface area contributed by atoms with E-state index in [9.17, 15) is 4.79 Å². The molecule has 60 valence electrons. The first-order valence-electron chi connectivity index (χ1n) is 2.86. The lowest BCUT2D eigenvalue weighted by molar-refractivity contribution is 0.241. The Kier molecular flexibility index (Phi) is 4.55. The summed E-state index contributed by atoms with van der Waals surface area (Å²) in [5.41, 5.74) is 3.48. The third kappa shape index (κ3) is 7.15. The Labute approximate surface area is 58.5 Å². The number of rotatable bonds is 0. The van der Waals surface area contributed by atoms with Gasteiger partial charge < -0.3 is 5.11 Å². The Morgan fingerprint density at radius 1 is 1.40 bits per heavy atom. The van der Waals surface area contributed by atoms with Gasteiger partial charge in [0.2, 0.25) is 0 Å². The summed E-state index contributed by atoms with van der Waals surface area (Å²) in [6.07, 6.45) is 2.17. The highest BCUT2D eigenvalue weighted by Gasteiger charge is 2.15. The molecule has 0 saturated heterocycles. The molecule has 1 aliphatic carbocycles. The predicted octanol–water partition coefficient (Wildman–Crippen LogP) is -1.83. The maximum Gasteiger partial charge on any atom is 0.343 e. The number of hydrogen-bond acceptors (Lipinski definition) is 4. The Bertz CT molecular complexity index is 97.4. The fourth-order valence-electron chi connectivity index (χ4n) is 0.116. The van der Waals surface area contributed by atoms with Crippen molar-refractivity contribution in [3.8, 4) is 0 Å². The van der Waals surface area contributed by atoms with Gasteiger partial charge in [-0.3, -0.25) is 10.9 Å². The molecular weight excluding hydrogens is 136 g/mol. The Balaban J connectivity index is 0.000000172. The van der Waals surface area contributed by atoms with Crippen molar-refractivity contribution in [1.82, 2.24) is 10.9 Å². The van der Waals surface area contributed by atoms with Gasteiger partial charge in [0.1, 0.15) is 0 Å². The van der Waals surface area contributed by atoms with Gasteiger partial charge in [-0.2, -0.15) is 0 Å². The molecule has 0 unspecified atom stereocenters. The highest BCUT2D eigenvalue weighted by atomic mass is 16.3. The number of urea groups is 1. The molecule has 1 saturated carbocycles. The van der Waals surface area contributed by atoms with E-state index in [1.807, 2.05) is 0 Å². The molecule has 1 rings (SSSR count). The molecule has 1 fully saturated rings. The van der Waals surface area contributed by atoms with Crippen LogP contribution in [0.4, 0.5) is 4.79 Å². The average Bonchev–Trinajstić information content (AvgIpc) is 2.71. The van der Waals surface area contributed by atoms with Crippen LogP contribution in [0.1, 0.15) is 12.8 Å². The number of nitrogens with one attached hydrogen (secondary N) is 2. The number of aliphatic hydroxyl groups is 1. The van der Waals surface area contributed by atoms with E-state index in [1.54, 1.807) is 10.9 Å². The maximum absolute atomic E-state index is 9.71. The first-order chi connectivity index (χ1) is 4.70. The summed E-state index contributed by atoms with van der Waals surface area (Å²) < 4.78 is 0. The van der Waals surface area contributed by atoms with Crippen LogP contribution in [0.2, 0.25) is 0 Å². The van der Waals surface area contributed by atoms with Crippen LogP contribution >= 0.6 is 0 Å². The second-order valence-electron chi connectivity index (χ2n) is 1.85. The highest BCUT2D eigenvalue weighted by molar-refractivity contribution is 5.72. The van der Waals surface area contributed by atoms with Gasteiger partial charge in [0.25, 0.3) is 0 Å². The summed E-state index contributed by atoms with van der Waals surface area (Å²) in [4.78, 5) is 9.71. The molecule has 0 spiro atoms. The van der Waals surface area contributed by atoms with Gasteiger partial charge in [0.05, 0.1) is 6.10 Å². The second kappa shape index (κ2) is 4.98. The van der Waals surface area contributed by atoms with Crippen molar-refractivity contribution in [3.63, 3.8) is 0 Å². The smallest absolute Gasteiger partial charge is 0.343 e. The molecule has 2 amide bonds. The van der Waals surface area contributed by atoms with Crippen LogP contribution in [0.15, 0.2) is 0 Å². The molecule has 0 radical (unpaired) electrons. The molecule has 6 nitrogen and oxygen atoms in total. The van der Waals surface area contributed by atoms with Crippen LogP contribution in [-0.4, -0.2) is 17.2 Å². The van der Waals surface area contributed by atoms with Gasteiger partial charge in [-0.25, -0.2) is 16.5 Å². The van der Waals surface area contributed by atoms with Gasteiger partial charge in [-0.15, -0.1) is 0 Å². The lowest BCUT2D eigenvalue weighted by Gasteiger charge is -1.90. The molecule has 0 aromatic rings. The SMILES string of the molecule is NNC(=O)NN.OC1CC1. The summed E-state index contributed by atoms with van der Waals surface area (Å²) in [6.45, 7) is 0. The standard InChI is InChI=1S/C3H6O.CH6N4O/c4-3-1-2-3;2-4-1(6)5-3/h3-4H,1-2H2;2-3H2,(H2,4,5,6). The second-order valence-corrected chi connectivity index (χ2v) is 1.85. The molecule has 0 atom stereocenters. The third-order valence-corrected chi connectivity index (χ3v) is 0.809. The quantitative estimate of drug-likeness (QED) is 0.158. The van der Waals surface area contributed by atoms with Gasteiger partial charge >= 0.3 is 6.03 Å². The number of hydrazine groups is 2. The van der Waals surface area contributed by atoms with Crippen molar-refractivity contribution in [2.75, 3.05) is 0 Å². The van der Waals surface area contributed by atoms with Crippen LogP contribution in [0.25, 0.3) is 0 Å². The van der Waals surface area contributed by atoms with Crippen molar-refractivity contribution in [1.29, 1.82) is 0 Å². The number of carbonyl (C=O) groups is 1. The van der Waals surface area contributed by atoms with E-state index in [-0.39, 0.29) is 6.10 Å². The highest BCUT2D eigenvalue weighted by Crippen LogP contribution is 2.16. The van der Waals surface area contributed by atoms with E-state index in [0.29, 0.717) is 0 Å². The summed E-state index contributed by atoms with van der Waals surface area (Å²) in [7, 11) is 0. The fourth-order valence-corrected chi connectivity index (χ4v) is 0.116. The minimum Gasteiger partial charge on any atom is -0.393 e. The van der Waals surface area contributed by atoms with Crippen LogP contribution < -0.4 is 22.5 Å². The largest absolute Gasteiger partial charge is 0.393 e. The number of aliphatic hydroxyl groups excluding tert-OH is 1. The van der Waals surface area contributed by atoms with E-state index >= 15 is 0 Å². The zero-order chi connectivity index (χ0) is 7.98. The van der Waals surface area contributed by atoms with E-state index in [0.717, 1.165) is 12.8 Å². The van der Waals surface area contributed by atoms with E-state index in [2.05, 4.69) is 11.7 Å². The maximum atomic E-state index is 9.71.